The number of hydrogen-bond donors (Lipinski definition) is 2. The molecule has 112 valence electrons. The normalized spacial score (nSPS) is 11.0. The number of hydrogen-bond acceptors (Lipinski definition) is 5. The van der Waals surface area contributed by atoms with Crippen LogP contribution in [0.25, 0.3) is 0 Å². The predicted molar refractivity (Wildman–Crippen MR) is 77.8 cm³/mol. The number of carbonyl (C=O) groups is 1. The number of nitrogen functional groups attached to an aromatic ring is 1. The van der Waals surface area contributed by atoms with Gasteiger partial charge in [0, 0.05) is 12.6 Å². The smallest absolute Gasteiger partial charge is 0.407 e. The summed E-state index contributed by atoms with van der Waals surface area (Å²) >= 11 is 0. The molecule has 0 aliphatic carbocycles. The number of nitrogens with one attached hydrogen (secondary N) is 1. The average molecular weight is 281 g/mol. The number of alkyl carbamates (subject to hydrolysis) is 1. The Balaban J connectivity index is 2.36. The van der Waals surface area contributed by atoms with Crippen molar-refractivity contribution in [3.63, 3.8) is 0 Å². The maximum Gasteiger partial charge on any atom is 0.407 e. The van der Waals surface area contributed by atoms with Gasteiger partial charge in [0.25, 0.3) is 0 Å². The van der Waals surface area contributed by atoms with Gasteiger partial charge in [-0.25, -0.2) is 9.78 Å². The summed E-state index contributed by atoms with van der Waals surface area (Å²) < 4.78 is 10.2. The monoisotopic (exact) mass is 281 g/mol. The van der Waals surface area contributed by atoms with E-state index in [1.54, 1.807) is 19.2 Å². The third-order valence-corrected chi connectivity index (χ3v) is 2.45. The minimum absolute atomic E-state index is 0.413. The van der Waals surface area contributed by atoms with Crippen molar-refractivity contribution >= 4 is 11.8 Å². The van der Waals surface area contributed by atoms with Crippen molar-refractivity contribution in [3.8, 4) is 5.88 Å². The maximum absolute atomic E-state index is 11.4. The zero-order valence-corrected chi connectivity index (χ0v) is 12.5. The summed E-state index contributed by atoms with van der Waals surface area (Å²) in [6.07, 6.45) is 0.978. The van der Waals surface area contributed by atoms with E-state index < -0.39 is 11.7 Å². The van der Waals surface area contributed by atoms with Crippen molar-refractivity contribution in [3.05, 3.63) is 17.8 Å². The molecule has 0 saturated carbocycles. The lowest BCUT2D eigenvalue weighted by atomic mass is 10.2. The van der Waals surface area contributed by atoms with Crippen LogP contribution < -0.4 is 15.8 Å². The molecule has 6 nitrogen and oxygen atoms in total. The molecule has 0 aliphatic rings. The lowest BCUT2D eigenvalue weighted by molar-refractivity contribution is 0.0527. The Morgan fingerprint density at radius 3 is 2.70 bits per heavy atom. The summed E-state index contributed by atoms with van der Waals surface area (Å²) in [7, 11) is 1.56. The highest BCUT2D eigenvalue weighted by atomic mass is 16.6. The van der Waals surface area contributed by atoms with Gasteiger partial charge in [0.1, 0.15) is 5.60 Å². The molecule has 0 bridgehead atoms. The number of anilines is 1. The molecule has 1 rings (SSSR count). The standard InChI is InChI=1S/C14H23N3O3/c1-14(2,3)20-13(18)16-9-5-6-11-10(15)7-8-12(17-11)19-4/h7-8H,5-6,9,15H2,1-4H3,(H,16,18). The van der Waals surface area contributed by atoms with E-state index in [1.165, 1.54) is 0 Å². The van der Waals surface area contributed by atoms with Crippen LogP contribution in [-0.2, 0) is 11.2 Å². The van der Waals surface area contributed by atoms with Crippen molar-refractivity contribution in [2.24, 2.45) is 0 Å². The molecule has 0 fully saturated rings. The summed E-state index contributed by atoms with van der Waals surface area (Å²) in [5.74, 6) is 0.536. The number of rotatable bonds is 5. The molecule has 0 radical (unpaired) electrons. The Kier molecular flexibility index (Phi) is 5.61. The Labute approximate surface area is 119 Å². The van der Waals surface area contributed by atoms with Crippen LogP contribution in [0.5, 0.6) is 5.88 Å². The molecule has 6 heteroatoms. The first-order valence-corrected chi connectivity index (χ1v) is 6.58. The Morgan fingerprint density at radius 2 is 2.10 bits per heavy atom. The van der Waals surface area contributed by atoms with E-state index in [-0.39, 0.29) is 0 Å². The van der Waals surface area contributed by atoms with Gasteiger partial charge in [0.2, 0.25) is 5.88 Å². The fourth-order valence-electron chi connectivity index (χ4n) is 1.57. The van der Waals surface area contributed by atoms with E-state index in [9.17, 15) is 4.79 Å². The first kappa shape index (κ1) is 16.1. The third kappa shape index (κ3) is 5.77. The minimum atomic E-state index is -0.483. The molecule has 0 unspecified atom stereocenters. The predicted octanol–water partition coefficient (Wildman–Crippen LogP) is 2.13. The van der Waals surface area contributed by atoms with Crippen LogP contribution in [-0.4, -0.2) is 30.3 Å². The lowest BCUT2D eigenvalue weighted by Crippen LogP contribution is -2.33. The van der Waals surface area contributed by atoms with Gasteiger partial charge in [-0.3, -0.25) is 0 Å². The number of pyridine rings is 1. The van der Waals surface area contributed by atoms with E-state index in [1.807, 2.05) is 20.8 Å². The van der Waals surface area contributed by atoms with E-state index in [0.29, 0.717) is 24.5 Å². The second kappa shape index (κ2) is 6.98. The largest absolute Gasteiger partial charge is 0.481 e. The molecule has 1 amide bonds. The zero-order valence-electron chi connectivity index (χ0n) is 12.5. The van der Waals surface area contributed by atoms with Crippen LogP contribution in [0.2, 0.25) is 0 Å². The zero-order chi connectivity index (χ0) is 15.2. The summed E-state index contributed by atoms with van der Waals surface area (Å²) in [6, 6.07) is 3.49. The Bertz CT molecular complexity index is 455. The molecular formula is C14H23N3O3. The minimum Gasteiger partial charge on any atom is -0.481 e. The number of amides is 1. The summed E-state index contributed by atoms with van der Waals surface area (Å²) in [6.45, 7) is 5.99. The molecule has 1 heterocycles. The number of nitrogens with zero attached hydrogens (tertiary/aromatic N) is 1. The molecule has 0 aliphatic heterocycles. The highest BCUT2D eigenvalue weighted by Crippen LogP contribution is 2.16. The average Bonchev–Trinajstić information content (AvgIpc) is 2.34. The summed E-state index contributed by atoms with van der Waals surface area (Å²) in [4.78, 5) is 15.7. The molecule has 1 aromatic rings. The first-order chi connectivity index (χ1) is 9.31. The molecule has 0 aromatic carbocycles. The van der Waals surface area contributed by atoms with Gasteiger partial charge in [0.05, 0.1) is 18.5 Å². The quantitative estimate of drug-likeness (QED) is 0.807. The van der Waals surface area contributed by atoms with E-state index >= 15 is 0 Å². The van der Waals surface area contributed by atoms with Gasteiger partial charge >= 0.3 is 6.09 Å². The highest BCUT2D eigenvalue weighted by Gasteiger charge is 2.15. The van der Waals surface area contributed by atoms with Crippen LogP contribution in [0, 0.1) is 0 Å². The van der Waals surface area contributed by atoms with Gasteiger partial charge in [0.15, 0.2) is 0 Å². The fraction of sp³-hybridized carbons (Fsp3) is 0.571. The second-order valence-corrected chi connectivity index (χ2v) is 5.42. The number of carbonyl (C=O) groups excluding carboxylic acids is 1. The van der Waals surface area contributed by atoms with Crippen LogP contribution in [0.1, 0.15) is 32.9 Å². The van der Waals surface area contributed by atoms with Gasteiger partial charge in [-0.15, -0.1) is 0 Å². The summed E-state index contributed by atoms with van der Waals surface area (Å²) in [5, 5.41) is 2.70. The molecule has 3 N–H and O–H groups in total. The number of methoxy groups -OCH3 is 1. The first-order valence-electron chi connectivity index (χ1n) is 6.58. The van der Waals surface area contributed by atoms with Crippen molar-refractivity contribution in [2.45, 2.75) is 39.2 Å². The summed E-state index contributed by atoms with van der Waals surface area (Å²) in [5.41, 5.74) is 6.76. The van der Waals surface area contributed by atoms with Crippen molar-refractivity contribution < 1.29 is 14.3 Å². The highest BCUT2D eigenvalue weighted by molar-refractivity contribution is 5.67. The van der Waals surface area contributed by atoms with Crippen molar-refractivity contribution in [1.82, 2.24) is 10.3 Å². The Hall–Kier alpha value is -1.98. The topological polar surface area (TPSA) is 86.5 Å². The van der Waals surface area contributed by atoms with Crippen LogP contribution >= 0.6 is 0 Å². The molecule has 0 atom stereocenters. The fourth-order valence-corrected chi connectivity index (χ4v) is 1.57. The number of ether oxygens (including phenoxy) is 2. The number of aromatic nitrogens is 1. The number of aryl methyl sites for hydroxylation is 1. The SMILES string of the molecule is COc1ccc(N)c(CCCNC(=O)OC(C)(C)C)n1. The molecule has 0 saturated heterocycles. The molecule has 1 aromatic heterocycles. The van der Waals surface area contributed by atoms with Gasteiger partial charge in [-0.1, -0.05) is 0 Å². The van der Waals surface area contributed by atoms with Crippen LogP contribution in [0.4, 0.5) is 10.5 Å². The van der Waals surface area contributed by atoms with Gasteiger partial charge in [-0.05, 0) is 39.7 Å². The number of nitrogens with two attached hydrogens (primary N) is 1. The van der Waals surface area contributed by atoms with Gasteiger partial charge in [-0.2, -0.15) is 0 Å². The van der Waals surface area contributed by atoms with E-state index in [2.05, 4.69) is 10.3 Å². The molecule has 0 spiro atoms. The Morgan fingerprint density at radius 1 is 1.40 bits per heavy atom. The van der Waals surface area contributed by atoms with E-state index in [4.69, 9.17) is 15.2 Å². The third-order valence-electron chi connectivity index (χ3n) is 2.45. The van der Waals surface area contributed by atoms with Crippen molar-refractivity contribution in [1.29, 1.82) is 0 Å². The van der Waals surface area contributed by atoms with Gasteiger partial charge < -0.3 is 20.5 Å². The van der Waals surface area contributed by atoms with Crippen LogP contribution in [0.15, 0.2) is 12.1 Å². The molecule has 20 heavy (non-hydrogen) atoms. The second-order valence-electron chi connectivity index (χ2n) is 5.42. The van der Waals surface area contributed by atoms with Crippen LogP contribution in [0.3, 0.4) is 0 Å². The molecular weight excluding hydrogens is 258 g/mol. The maximum atomic E-state index is 11.4. The van der Waals surface area contributed by atoms with Crippen molar-refractivity contribution in [2.75, 3.05) is 19.4 Å². The van der Waals surface area contributed by atoms with E-state index in [0.717, 1.165) is 12.1 Å². The lowest BCUT2D eigenvalue weighted by Gasteiger charge is -2.19.